The predicted molar refractivity (Wildman–Crippen MR) is 192 cm³/mol. The van der Waals surface area contributed by atoms with Crippen LogP contribution < -0.4 is 10.1 Å². The van der Waals surface area contributed by atoms with Gasteiger partial charge < -0.3 is 20.2 Å². The van der Waals surface area contributed by atoms with Gasteiger partial charge >= 0.3 is 0 Å². The lowest BCUT2D eigenvalue weighted by molar-refractivity contribution is 0.0618. The van der Waals surface area contributed by atoms with Crippen LogP contribution >= 0.6 is 0 Å². The average molecular weight is 694 g/mol. The lowest BCUT2D eigenvalue weighted by Crippen LogP contribution is -2.53. The van der Waals surface area contributed by atoms with Crippen molar-refractivity contribution in [1.82, 2.24) is 25.0 Å². The molecule has 3 aromatic rings. The molecule has 11 nitrogen and oxygen atoms in total. The zero-order valence-corrected chi connectivity index (χ0v) is 30.1. The van der Waals surface area contributed by atoms with Crippen molar-refractivity contribution < 1.29 is 27.9 Å². The monoisotopic (exact) mass is 693 g/mol. The highest BCUT2D eigenvalue weighted by atomic mass is 32.2. The third-order valence-corrected chi connectivity index (χ3v) is 9.07. The van der Waals surface area contributed by atoms with Crippen molar-refractivity contribution in [3.63, 3.8) is 0 Å². The van der Waals surface area contributed by atoms with Crippen LogP contribution in [-0.2, 0) is 22.2 Å². The topological polar surface area (TPSA) is 139 Å². The fraction of sp³-hybridized carbons (Fsp3) is 0.432. The van der Waals surface area contributed by atoms with Crippen molar-refractivity contribution >= 4 is 27.7 Å². The van der Waals surface area contributed by atoms with Gasteiger partial charge in [0.25, 0.3) is 17.7 Å². The minimum atomic E-state index is -3.80. The summed E-state index contributed by atoms with van der Waals surface area (Å²) in [7, 11) is -0.602. The number of amides is 3. The first-order valence-electron chi connectivity index (χ1n) is 16.8. The highest BCUT2D eigenvalue weighted by molar-refractivity contribution is 7.88. The molecule has 266 valence electrons. The molecule has 0 aliphatic heterocycles. The summed E-state index contributed by atoms with van der Waals surface area (Å²) in [6.45, 7) is 7.15. The average Bonchev–Trinajstić information content (AvgIpc) is 3.07. The second-order valence-electron chi connectivity index (χ2n) is 12.4. The maximum Gasteiger partial charge on any atom is 0.253 e. The molecule has 2 atom stereocenters. The lowest BCUT2D eigenvalue weighted by Gasteiger charge is -2.30. The van der Waals surface area contributed by atoms with Gasteiger partial charge in [-0.2, -0.15) is 0 Å². The van der Waals surface area contributed by atoms with Gasteiger partial charge in [-0.25, -0.2) is 13.4 Å². The van der Waals surface area contributed by atoms with Crippen LogP contribution in [0, 0.1) is 0 Å². The Morgan fingerprint density at radius 3 is 1.78 bits per heavy atom. The summed E-state index contributed by atoms with van der Waals surface area (Å²) in [5.41, 5.74) is 1.99. The van der Waals surface area contributed by atoms with E-state index in [-0.39, 0.29) is 47.2 Å². The molecule has 0 saturated heterocycles. The van der Waals surface area contributed by atoms with Crippen LogP contribution in [0.25, 0.3) is 0 Å². The van der Waals surface area contributed by atoms with Crippen LogP contribution in [0.5, 0.6) is 0 Å². The van der Waals surface area contributed by atoms with E-state index in [1.807, 2.05) is 57.2 Å². The lowest BCUT2D eigenvalue weighted by atomic mass is 9.99. The zero-order valence-electron chi connectivity index (χ0n) is 29.3. The highest BCUT2D eigenvalue weighted by Gasteiger charge is 2.28. The molecule has 0 saturated carbocycles. The third kappa shape index (κ3) is 12.4. The van der Waals surface area contributed by atoms with Gasteiger partial charge in [0.2, 0.25) is 10.0 Å². The summed E-state index contributed by atoms with van der Waals surface area (Å²) in [6.07, 6.45) is 1.16. The zero-order chi connectivity index (χ0) is 36.0. The molecule has 0 aromatic heterocycles. The number of rotatable bonds is 19. The Morgan fingerprint density at radius 1 is 0.735 bits per heavy atom. The van der Waals surface area contributed by atoms with E-state index in [2.05, 4.69) is 10.1 Å². The minimum Gasteiger partial charge on any atom is -0.390 e. The van der Waals surface area contributed by atoms with Crippen molar-refractivity contribution in [3.8, 4) is 0 Å². The van der Waals surface area contributed by atoms with E-state index in [4.69, 9.17) is 0 Å². The first kappa shape index (κ1) is 39.3. The molecule has 2 unspecified atom stereocenters. The first-order chi connectivity index (χ1) is 23.4. The Morgan fingerprint density at radius 2 is 1.24 bits per heavy atom. The van der Waals surface area contributed by atoms with Crippen LogP contribution in [0.4, 0.5) is 0 Å². The van der Waals surface area contributed by atoms with E-state index in [0.717, 1.165) is 18.4 Å². The summed E-state index contributed by atoms with van der Waals surface area (Å²) in [4.78, 5) is 46.3. The number of nitrogens with one attached hydrogen (secondary N) is 2. The van der Waals surface area contributed by atoms with Crippen LogP contribution in [0.15, 0.2) is 78.9 Å². The van der Waals surface area contributed by atoms with Gasteiger partial charge in [0, 0.05) is 57.0 Å². The molecule has 0 heterocycles. The Bertz CT molecular complexity index is 1610. The maximum atomic E-state index is 13.9. The number of hydrogen-bond acceptors (Lipinski definition) is 7. The summed E-state index contributed by atoms with van der Waals surface area (Å²) in [5.74, 6) is -1.44. The fourth-order valence-corrected chi connectivity index (χ4v) is 6.78. The quantitative estimate of drug-likeness (QED) is 0.161. The Hall–Kier alpha value is -4.10. The normalized spacial score (nSPS) is 12.7. The van der Waals surface area contributed by atoms with Gasteiger partial charge in [0.15, 0.2) is 0 Å². The van der Waals surface area contributed by atoms with Crippen molar-refractivity contribution in [1.29, 1.82) is 0 Å². The Labute approximate surface area is 291 Å². The van der Waals surface area contributed by atoms with E-state index >= 15 is 0 Å². The molecule has 0 bridgehead atoms. The van der Waals surface area contributed by atoms with Gasteiger partial charge in [0.05, 0.1) is 17.9 Å². The van der Waals surface area contributed by atoms with E-state index in [9.17, 15) is 27.9 Å². The second-order valence-corrected chi connectivity index (χ2v) is 14.1. The molecule has 12 heteroatoms. The van der Waals surface area contributed by atoms with Crippen LogP contribution in [-0.4, -0.2) is 98.5 Å². The predicted octanol–water partition coefficient (Wildman–Crippen LogP) is 4.10. The maximum absolute atomic E-state index is 13.9. The Balaban J connectivity index is 1.93. The van der Waals surface area contributed by atoms with E-state index in [1.165, 1.54) is 28.1 Å². The second kappa shape index (κ2) is 19.2. The molecule has 0 fully saturated rings. The molecule has 3 amide bonds. The number of aliphatic hydroxyl groups is 1. The number of hydrogen-bond donors (Lipinski definition) is 3. The number of nitrogens with zero attached hydrogens (tertiary/aromatic N) is 3. The molecule has 0 aliphatic carbocycles. The third-order valence-electron chi connectivity index (χ3n) is 7.82. The van der Waals surface area contributed by atoms with Gasteiger partial charge in [-0.05, 0) is 55.0 Å². The van der Waals surface area contributed by atoms with E-state index in [1.54, 1.807) is 43.3 Å². The molecule has 49 heavy (non-hydrogen) atoms. The molecule has 3 rings (SSSR count). The summed E-state index contributed by atoms with van der Waals surface area (Å²) < 4.78 is 26.2. The standard InChI is InChI=1S/C37H51N5O6S/c1-6-19-41(20-7-2)37(46)32-24-30(23-31(25-32)36(45)40(4)5)35(44)38-33(22-28-15-11-9-12-16-28)34(43)26-42(21-8-3)39-49(47,48)27-29-17-13-10-14-18-29/h9-18,23-25,33-34,39,43H,6-8,19-22,26-27H2,1-5H3,(H,38,44). The minimum absolute atomic E-state index is 0.100. The molecule has 0 radical (unpaired) electrons. The molecule has 3 N–H and O–H groups in total. The van der Waals surface area contributed by atoms with Crippen LogP contribution in [0.3, 0.4) is 0 Å². The number of benzene rings is 3. The highest BCUT2D eigenvalue weighted by Crippen LogP contribution is 2.17. The number of aliphatic hydroxyl groups excluding tert-OH is 1. The SMILES string of the molecule is CCCN(CC(O)C(Cc1ccccc1)NC(=O)c1cc(C(=O)N(C)C)cc(C(=O)N(CCC)CCC)c1)NS(=O)(=O)Cc1ccccc1. The number of carbonyl (C=O) groups excluding carboxylic acids is 3. The fourth-order valence-electron chi connectivity index (χ4n) is 5.52. The molecule has 0 aliphatic rings. The molecule has 0 spiro atoms. The number of hydrazine groups is 1. The molecular formula is C37H51N5O6S. The van der Waals surface area contributed by atoms with Crippen LogP contribution in [0.1, 0.15) is 82.2 Å². The Kier molecular flexibility index (Phi) is 15.4. The van der Waals surface area contributed by atoms with Gasteiger partial charge in [-0.15, -0.1) is 4.83 Å². The van der Waals surface area contributed by atoms with Gasteiger partial charge in [-0.3, -0.25) is 14.4 Å². The first-order valence-corrected chi connectivity index (χ1v) is 18.5. The number of carbonyl (C=O) groups is 3. The summed E-state index contributed by atoms with van der Waals surface area (Å²) in [6, 6.07) is 21.7. The summed E-state index contributed by atoms with van der Waals surface area (Å²) >= 11 is 0. The van der Waals surface area contributed by atoms with Crippen LogP contribution in [0.2, 0.25) is 0 Å². The van der Waals surface area contributed by atoms with Gasteiger partial charge in [0.1, 0.15) is 0 Å². The largest absolute Gasteiger partial charge is 0.390 e. The van der Waals surface area contributed by atoms with Crippen molar-refractivity contribution in [2.24, 2.45) is 0 Å². The van der Waals surface area contributed by atoms with Crippen molar-refractivity contribution in [2.45, 2.75) is 64.4 Å². The summed E-state index contributed by atoms with van der Waals surface area (Å²) in [5, 5.41) is 16.0. The van der Waals surface area contributed by atoms with E-state index in [0.29, 0.717) is 31.6 Å². The smallest absolute Gasteiger partial charge is 0.253 e. The molecular weight excluding hydrogens is 643 g/mol. The van der Waals surface area contributed by atoms with Gasteiger partial charge in [-0.1, -0.05) is 81.4 Å². The van der Waals surface area contributed by atoms with Crippen molar-refractivity contribution in [2.75, 3.05) is 40.3 Å². The van der Waals surface area contributed by atoms with Crippen molar-refractivity contribution in [3.05, 3.63) is 107 Å². The number of sulfonamides is 1. The van der Waals surface area contributed by atoms with E-state index < -0.39 is 28.1 Å². The molecule has 3 aromatic carbocycles.